The van der Waals surface area contributed by atoms with Crippen molar-refractivity contribution in [3.63, 3.8) is 0 Å². The molecule has 0 saturated heterocycles. The highest BCUT2D eigenvalue weighted by Crippen LogP contribution is 2.23. The molecule has 0 spiro atoms. The van der Waals surface area contributed by atoms with Crippen molar-refractivity contribution in [2.75, 3.05) is 5.32 Å². The minimum atomic E-state index is -0.215. The molecule has 0 bridgehead atoms. The van der Waals surface area contributed by atoms with E-state index < -0.39 is 0 Å². The Balaban J connectivity index is 2.12. The highest BCUT2D eigenvalue weighted by molar-refractivity contribution is 5.46. The lowest BCUT2D eigenvalue weighted by Crippen LogP contribution is -2.08. The van der Waals surface area contributed by atoms with E-state index in [4.69, 9.17) is 0 Å². The molecule has 0 aromatic heterocycles. The molecule has 0 saturated carbocycles. The molecular weight excluding hydrogens is 237 g/mol. The first-order valence-corrected chi connectivity index (χ1v) is 6.69. The average molecular weight is 257 g/mol. The highest BCUT2D eigenvalue weighted by Gasteiger charge is 2.08. The molecule has 0 fully saturated rings. The fourth-order valence-corrected chi connectivity index (χ4v) is 2.06. The maximum absolute atomic E-state index is 13.6. The van der Waals surface area contributed by atoms with Gasteiger partial charge in [0.15, 0.2) is 0 Å². The van der Waals surface area contributed by atoms with E-state index in [1.54, 1.807) is 12.1 Å². The number of hydrogen-bond acceptors (Lipinski definition) is 1. The lowest BCUT2D eigenvalue weighted by atomic mass is 9.99. The maximum atomic E-state index is 13.6. The summed E-state index contributed by atoms with van der Waals surface area (Å²) >= 11 is 0. The fraction of sp³-hybridized carbons (Fsp3) is 0.294. The van der Waals surface area contributed by atoms with Crippen LogP contribution >= 0.6 is 0 Å². The van der Waals surface area contributed by atoms with Crippen molar-refractivity contribution in [2.45, 2.75) is 32.7 Å². The molecule has 0 aliphatic heterocycles. The first-order valence-electron chi connectivity index (χ1n) is 6.69. The van der Waals surface area contributed by atoms with E-state index in [0.29, 0.717) is 11.6 Å². The first-order chi connectivity index (χ1) is 9.08. The van der Waals surface area contributed by atoms with Crippen LogP contribution in [0.25, 0.3) is 0 Å². The van der Waals surface area contributed by atoms with E-state index in [2.05, 4.69) is 43.4 Å². The predicted molar refractivity (Wildman–Crippen MR) is 79.0 cm³/mol. The van der Waals surface area contributed by atoms with Gasteiger partial charge < -0.3 is 5.32 Å². The molecule has 1 N–H and O–H groups in total. The Kier molecular flexibility index (Phi) is 4.20. The zero-order chi connectivity index (χ0) is 13.8. The Morgan fingerprint density at radius 2 is 1.42 bits per heavy atom. The van der Waals surface area contributed by atoms with Crippen molar-refractivity contribution < 1.29 is 4.39 Å². The van der Waals surface area contributed by atoms with Gasteiger partial charge in [0.05, 0.1) is 5.69 Å². The van der Waals surface area contributed by atoms with Gasteiger partial charge in [-0.3, -0.25) is 0 Å². The van der Waals surface area contributed by atoms with Crippen LogP contribution in [0.5, 0.6) is 0 Å². The summed E-state index contributed by atoms with van der Waals surface area (Å²) in [6.45, 7) is 6.39. The molecule has 0 aliphatic carbocycles. The number of anilines is 1. The monoisotopic (exact) mass is 257 g/mol. The van der Waals surface area contributed by atoms with Crippen LogP contribution < -0.4 is 5.32 Å². The summed E-state index contributed by atoms with van der Waals surface area (Å²) in [5.41, 5.74) is 3.03. The van der Waals surface area contributed by atoms with Gasteiger partial charge in [-0.25, -0.2) is 4.39 Å². The molecular formula is C17H20FN. The molecule has 0 heterocycles. The van der Waals surface area contributed by atoms with Crippen LogP contribution in [0, 0.1) is 5.82 Å². The number of benzene rings is 2. The SMILES string of the molecule is CC(C)c1ccc(C(C)Nc2ccccc2F)cc1. The van der Waals surface area contributed by atoms with Gasteiger partial charge in [-0.2, -0.15) is 0 Å². The predicted octanol–water partition coefficient (Wildman–Crippen LogP) is 5.12. The molecule has 2 rings (SSSR count). The number of para-hydroxylation sites is 1. The topological polar surface area (TPSA) is 12.0 Å². The molecule has 2 aromatic rings. The lowest BCUT2D eigenvalue weighted by molar-refractivity contribution is 0.627. The van der Waals surface area contributed by atoms with Gasteiger partial charge in [-0.15, -0.1) is 0 Å². The van der Waals surface area contributed by atoms with Crippen molar-refractivity contribution in [2.24, 2.45) is 0 Å². The second kappa shape index (κ2) is 5.87. The van der Waals surface area contributed by atoms with Gasteiger partial charge in [0, 0.05) is 6.04 Å². The number of hydrogen-bond donors (Lipinski definition) is 1. The van der Waals surface area contributed by atoms with E-state index >= 15 is 0 Å². The third-order valence-corrected chi connectivity index (χ3v) is 3.35. The third kappa shape index (κ3) is 3.34. The van der Waals surface area contributed by atoms with E-state index in [1.165, 1.54) is 11.6 Å². The van der Waals surface area contributed by atoms with Crippen LogP contribution in [-0.2, 0) is 0 Å². The molecule has 0 radical (unpaired) electrons. The second-order valence-electron chi connectivity index (χ2n) is 5.17. The molecule has 19 heavy (non-hydrogen) atoms. The minimum absolute atomic E-state index is 0.0816. The van der Waals surface area contributed by atoms with Crippen molar-refractivity contribution in [3.8, 4) is 0 Å². The second-order valence-corrected chi connectivity index (χ2v) is 5.17. The summed E-state index contributed by atoms with van der Waals surface area (Å²) in [5, 5.41) is 3.20. The van der Waals surface area contributed by atoms with Crippen molar-refractivity contribution in [1.82, 2.24) is 0 Å². The van der Waals surface area contributed by atoms with Gasteiger partial charge in [0.1, 0.15) is 5.82 Å². The van der Waals surface area contributed by atoms with E-state index in [1.807, 2.05) is 13.0 Å². The van der Waals surface area contributed by atoms with Crippen LogP contribution in [0.15, 0.2) is 48.5 Å². The molecule has 100 valence electrons. The number of nitrogens with one attached hydrogen (secondary N) is 1. The molecule has 1 nitrogen and oxygen atoms in total. The minimum Gasteiger partial charge on any atom is -0.376 e. The summed E-state index contributed by atoms with van der Waals surface area (Å²) in [6.07, 6.45) is 0. The van der Waals surface area contributed by atoms with E-state index in [-0.39, 0.29) is 11.9 Å². The molecule has 1 atom stereocenters. The Morgan fingerprint density at radius 1 is 0.842 bits per heavy atom. The van der Waals surface area contributed by atoms with Crippen LogP contribution in [0.1, 0.15) is 43.9 Å². The van der Waals surface area contributed by atoms with Gasteiger partial charge in [0.2, 0.25) is 0 Å². The Hall–Kier alpha value is -1.83. The molecule has 0 amide bonds. The maximum Gasteiger partial charge on any atom is 0.146 e. The summed E-state index contributed by atoms with van der Waals surface area (Å²) in [4.78, 5) is 0. The summed E-state index contributed by atoms with van der Waals surface area (Å²) in [5.74, 6) is 0.317. The molecule has 1 unspecified atom stereocenters. The van der Waals surface area contributed by atoms with Crippen LogP contribution in [0.2, 0.25) is 0 Å². The van der Waals surface area contributed by atoms with Crippen LogP contribution in [0.4, 0.5) is 10.1 Å². The van der Waals surface area contributed by atoms with Gasteiger partial charge in [0.25, 0.3) is 0 Å². The zero-order valence-corrected chi connectivity index (χ0v) is 11.7. The largest absolute Gasteiger partial charge is 0.376 e. The molecule has 0 aliphatic rings. The molecule has 2 aromatic carbocycles. The normalized spacial score (nSPS) is 12.5. The van der Waals surface area contributed by atoms with Crippen LogP contribution in [0.3, 0.4) is 0 Å². The number of rotatable bonds is 4. The molecule has 2 heteroatoms. The highest BCUT2D eigenvalue weighted by atomic mass is 19.1. The van der Waals surface area contributed by atoms with Crippen molar-refractivity contribution in [3.05, 3.63) is 65.5 Å². The quantitative estimate of drug-likeness (QED) is 0.801. The van der Waals surface area contributed by atoms with Gasteiger partial charge in [-0.1, -0.05) is 50.2 Å². The summed E-state index contributed by atoms with van der Waals surface area (Å²) in [7, 11) is 0. The van der Waals surface area contributed by atoms with Crippen LogP contribution in [-0.4, -0.2) is 0 Å². The third-order valence-electron chi connectivity index (χ3n) is 3.35. The lowest BCUT2D eigenvalue weighted by Gasteiger charge is -2.17. The first kappa shape index (κ1) is 13.6. The smallest absolute Gasteiger partial charge is 0.146 e. The Morgan fingerprint density at radius 3 is 2.00 bits per heavy atom. The summed E-state index contributed by atoms with van der Waals surface area (Å²) in [6, 6.07) is 15.3. The zero-order valence-electron chi connectivity index (χ0n) is 11.7. The standard InChI is InChI=1S/C17H20FN/c1-12(2)14-8-10-15(11-9-14)13(3)19-17-7-5-4-6-16(17)18/h4-13,19H,1-3H3. The fourth-order valence-electron chi connectivity index (χ4n) is 2.06. The Bertz CT molecular complexity index is 531. The van der Waals surface area contributed by atoms with Crippen molar-refractivity contribution in [1.29, 1.82) is 0 Å². The van der Waals surface area contributed by atoms with Crippen molar-refractivity contribution >= 4 is 5.69 Å². The van der Waals surface area contributed by atoms with Gasteiger partial charge >= 0.3 is 0 Å². The van der Waals surface area contributed by atoms with Gasteiger partial charge in [-0.05, 0) is 36.1 Å². The average Bonchev–Trinajstić information content (AvgIpc) is 2.41. The van der Waals surface area contributed by atoms with E-state index in [0.717, 1.165) is 5.56 Å². The Labute approximate surface area is 114 Å². The summed E-state index contributed by atoms with van der Waals surface area (Å²) < 4.78 is 13.6. The van der Waals surface area contributed by atoms with E-state index in [9.17, 15) is 4.39 Å². The number of halogens is 1.